The Hall–Kier alpha value is -2.89. The Labute approximate surface area is 155 Å². The molecule has 0 radical (unpaired) electrons. The molecule has 0 amide bonds. The number of ketones is 1. The predicted octanol–water partition coefficient (Wildman–Crippen LogP) is 4.29. The van der Waals surface area contributed by atoms with Crippen LogP contribution in [0.25, 0.3) is 12.2 Å². The molecular weight excluding hydrogens is 318 g/mol. The van der Waals surface area contributed by atoms with Gasteiger partial charge in [-0.15, -0.1) is 6.42 Å². The van der Waals surface area contributed by atoms with E-state index < -0.39 is 0 Å². The molecule has 0 unspecified atom stereocenters. The smallest absolute Gasteiger partial charge is 0.187 e. The molecule has 26 heavy (non-hydrogen) atoms. The van der Waals surface area contributed by atoms with E-state index in [1.165, 1.54) is 11.1 Å². The van der Waals surface area contributed by atoms with Crippen molar-refractivity contribution >= 4 is 17.9 Å². The molecule has 2 aromatic carbocycles. The van der Waals surface area contributed by atoms with Gasteiger partial charge in [0.1, 0.15) is 0 Å². The highest BCUT2D eigenvalue weighted by Crippen LogP contribution is 2.22. The van der Waals surface area contributed by atoms with Crippen molar-refractivity contribution < 1.29 is 4.79 Å². The largest absolute Gasteiger partial charge is 0.289 e. The molecule has 1 heterocycles. The number of carbonyl (C=O) groups excluding carboxylic acids is 1. The molecule has 2 aromatic rings. The van der Waals surface area contributed by atoms with Crippen LogP contribution in [0.1, 0.15) is 22.3 Å². The molecule has 3 rings (SSSR count). The third-order valence-corrected chi connectivity index (χ3v) is 4.52. The number of piperidine rings is 1. The zero-order valence-electron chi connectivity index (χ0n) is 15.3. The lowest BCUT2D eigenvalue weighted by Gasteiger charge is -2.28. The van der Waals surface area contributed by atoms with E-state index in [-0.39, 0.29) is 5.78 Å². The second-order valence-electron chi connectivity index (χ2n) is 6.84. The average molecular weight is 341 g/mol. The fraction of sp³-hybridized carbons (Fsp3) is 0.208. The number of terminal acetylenes is 1. The van der Waals surface area contributed by atoms with Gasteiger partial charge in [0, 0.05) is 24.2 Å². The van der Waals surface area contributed by atoms with E-state index >= 15 is 0 Å². The zero-order valence-corrected chi connectivity index (χ0v) is 15.3. The molecule has 0 bridgehead atoms. The molecule has 0 saturated carbocycles. The molecule has 1 fully saturated rings. The highest BCUT2D eigenvalue weighted by molar-refractivity contribution is 6.14. The van der Waals surface area contributed by atoms with Crippen molar-refractivity contribution in [3.8, 4) is 12.3 Å². The Kier molecular flexibility index (Phi) is 5.51. The number of nitrogens with zero attached hydrogens (tertiary/aromatic N) is 1. The molecule has 0 spiro atoms. The number of hydrogen-bond donors (Lipinski definition) is 0. The molecule has 0 aliphatic carbocycles. The lowest BCUT2D eigenvalue weighted by Crippen LogP contribution is -2.37. The van der Waals surface area contributed by atoms with Gasteiger partial charge >= 0.3 is 0 Å². The number of likely N-dealkylation sites (tertiary alicyclic amines) is 1. The van der Waals surface area contributed by atoms with Gasteiger partial charge in [-0.3, -0.25) is 9.69 Å². The summed E-state index contributed by atoms with van der Waals surface area (Å²) in [5.41, 5.74) is 6.06. The van der Waals surface area contributed by atoms with E-state index in [1.54, 1.807) is 0 Å². The van der Waals surface area contributed by atoms with Crippen LogP contribution < -0.4 is 0 Å². The number of hydrogen-bond acceptors (Lipinski definition) is 2. The molecule has 1 aliphatic rings. The minimum Gasteiger partial charge on any atom is -0.289 e. The number of carbonyl (C=O) groups is 1. The van der Waals surface area contributed by atoms with Crippen molar-refractivity contribution in [3.63, 3.8) is 0 Å². The predicted molar refractivity (Wildman–Crippen MR) is 109 cm³/mol. The topological polar surface area (TPSA) is 20.3 Å². The summed E-state index contributed by atoms with van der Waals surface area (Å²) >= 11 is 0. The minimum absolute atomic E-state index is 0.111. The molecular formula is C24H23NO. The van der Waals surface area contributed by atoms with Crippen LogP contribution >= 0.6 is 0 Å². The number of aryl methyl sites for hydroxylation is 2. The third kappa shape index (κ3) is 4.39. The Morgan fingerprint density at radius 2 is 1.31 bits per heavy atom. The molecule has 130 valence electrons. The summed E-state index contributed by atoms with van der Waals surface area (Å²) in [7, 11) is 0. The van der Waals surface area contributed by atoms with E-state index in [1.807, 2.05) is 36.4 Å². The van der Waals surface area contributed by atoms with Crippen LogP contribution in [-0.2, 0) is 4.79 Å². The standard InChI is InChI=1S/C24H23NO/c1-4-13-25-16-22(14-20-9-5-18(2)6-10-20)24(26)23(17-25)15-21-11-7-19(3)8-12-21/h1,5-12,14-15H,13,16-17H2,2-3H3. The fourth-order valence-corrected chi connectivity index (χ4v) is 3.08. The van der Waals surface area contributed by atoms with Gasteiger partial charge < -0.3 is 0 Å². The second kappa shape index (κ2) is 7.99. The second-order valence-corrected chi connectivity index (χ2v) is 6.84. The van der Waals surface area contributed by atoms with Gasteiger partial charge in [0.05, 0.1) is 6.54 Å². The summed E-state index contributed by atoms with van der Waals surface area (Å²) < 4.78 is 0. The summed E-state index contributed by atoms with van der Waals surface area (Å²) in [4.78, 5) is 15.1. The maximum absolute atomic E-state index is 13.0. The lowest BCUT2D eigenvalue weighted by atomic mass is 9.94. The summed E-state index contributed by atoms with van der Waals surface area (Å²) in [6.07, 6.45) is 9.47. The van der Waals surface area contributed by atoms with Gasteiger partial charge in [0.2, 0.25) is 0 Å². The lowest BCUT2D eigenvalue weighted by molar-refractivity contribution is -0.113. The maximum atomic E-state index is 13.0. The van der Waals surface area contributed by atoms with Gasteiger partial charge in [-0.2, -0.15) is 0 Å². The van der Waals surface area contributed by atoms with E-state index in [0.29, 0.717) is 19.6 Å². The van der Waals surface area contributed by atoms with Gasteiger partial charge in [-0.1, -0.05) is 65.6 Å². The summed E-state index contributed by atoms with van der Waals surface area (Å²) in [6, 6.07) is 16.4. The Morgan fingerprint density at radius 3 is 1.69 bits per heavy atom. The van der Waals surface area contributed by atoms with E-state index in [0.717, 1.165) is 22.3 Å². The first-order valence-electron chi connectivity index (χ1n) is 8.80. The molecule has 2 heteroatoms. The first-order valence-corrected chi connectivity index (χ1v) is 8.80. The van der Waals surface area contributed by atoms with Crippen molar-refractivity contribution in [2.24, 2.45) is 0 Å². The molecule has 0 N–H and O–H groups in total. The van der Waals surface area contributed by atoms with E-state index in [9.17, 15) is 4.79 Å². The first kappa shape index (κ1) is 17.9. The fourth-order valence-electron chi connectivity index (χ4n) is 3.08. The SMILES string of the molecule is C#CCN1CC(=Cc2ccc(C)cc2)C(=O)C(=Cc2ccc(C)cc2)C1. The first-order chi connectivity index (χ1) is 12.5. The zero-order chi connectivity index (χ0) is 18.5. The molecule has 1 saturated heterocycles. The van der Waals surface area contributed by atoms with E-state index in [2.05, 4.69) is 48.9 Å². The van der Waals surface area contributed by atoms with Crippen LogP contribution in [0.3, 0.4) is 0 Å². The van der Waals surface area contributed by atoms with Gasteiger partial charge in [-0.05, 0) is 37.1 Å². The third-order valence-electron chi connectivity index (χ3n) is 4.52. The summed E-state index contributed by atoms with van der Waals surface area (Å²) in [6.45, 7) is 5.81. The number of Topliss-reactive ketones (excluding diaryl/α,β-unsaturated/α-hetero) is 1. The maximum Gasteiger partial charge on any atom is 0.187 e. The minimum atomic E-state index is 0.111. The monoisotopic (exact) mass is 341 g/mol. The van der Waals surface area contributed by atoms with Gasteiger partial charge in [0.15, 0.2) is 5.78 Å². The number of benzene rings is 2. The van der Waals surface area contributed by atoms with Crippen LogP contribution in [0.4, 0.5) is 0 Å². The van der Waals surface area contributed by atoms with E-state index in [4.69, 9.17) is 6.42 Å². The van der Waals surface area contributed by atoms with Crippen molar-refractivity contribution in [1.29, 1.82) is 0 Å². The van der Waals surface area contributed by atoms with Crippen molar-refractivity contribution in [2.75, 3.05) is 19.6 Å². The highest BCUT2D eigenvalue weighted by Gasteiger charge is 2.25. The molecule has 1 aliphatic heterocycles. The quantitative estimate of drug-likeness (QED) is 0.613. The molecule has 0 aromatic heterocycles. The van der Waals surface area contributed by atoms with Crippen LogP contribution in [0.15, 0.2) is 59.7 Å². The summed E-state index contributed by atoms with van der Waals surface area (Å²) in [5.74, 6) is 2.81. The van der Waals surface area contributed by atoms with Crippen LogP contribution in [0.2, 0.25) is 0 Å². The van der Waals surface area contributed by atoms with Gasteiger partial charge in [0.25, 0.3) is 0 Å². The Balaban J connectivity index is 1.94. The van der Waals surface area contributed by atoms with Gasteiger partial charge in [-0.25, -0.2) is 0 Å². The average Bonchev–Trinajstić information content (AvgIpc) is 2.63. The highest BCUT2D eigenvalue weighted by atomic mass is 16.1. The number of rotatable bonds is 3. The Morgan fingerprint density at radius 1 is 0.885 bits per heavy atom. The summed E-state index contributed by atoms with van der Waals surface area (Å²) in [5, 5.41) is 0. The molecule has 0 atom stereocenters. The normalized spacial score (nSPS) is 18.3. The van der Waals surface area contributed by atoms with Crippen LogP contribution in [0, 0.1) is 26.2 Å². The van der Waals surface area contributed by atoms with Crippen molar-refractivity contribution in [2.45, 2.75) is 13.8 Å². The van der Waals surface area contributed by atoms with Crippen molar-refractivity contribution in [1.82, 2.24) is 4.90 Å². The van der Waals surface area contributed by atoms with Crippen LogP contribution in [0.5, 0.6) is 0 Å². The Bertz CT molecular complexity index is 825. The van der Waals surface area contributed by atoms with Crippen molar-refractivity contribution in [3.05, 3.63) is 81.9 Å². The van der Waals surface area contributed by atoms with Crippen LogP contribution in [-0.4, -0.2) is 30.3 Å². The molecule has 2 nitrogen and oxygen atoms in total.